The summed E-state index contributed by atoms with van der Waals surface area (Å²) in [6.45, 7) is 14.0. The molecule has 2 N–H and O–H groups in total. The lowest BCUT2D eigenvalue weighted by atomic mass is 10.0. The third-order valence-electron chi connectivity index (χ3n) is 3.43. The average molecular weight is 292 g/mol. The van der Waals surface area contributed by atoms with Gasteiger partial charge in [-0.3, -0.25) is 0 Å². The molecule has 0 fully saturated rings. The van der Waals surface area contributed by atoms with Crippen molar-refractivity contribution in [1.29, 1.82) is 0 Å². The van der Waals surface area contributed by atoms with Crippen molar-refractivity contribution in [2.75, 3.05) is 17.2 Å². The van der Waals surface area contributed by atoms with E-state index < -0.39 is 0 Å². The highest BCUT2D eigenvalue weighted by atomic mass is 15.1. The molecule has 0 amide bonds. The number of aromatic nitrogens is 2. The Balaban J connectivity index is 2.67. The standard InChI is InChI=1S/C17H32N4/c1-7-18-15-11-16(21-17(20-15)13(4)5)19-14(6)10-8-9-12(2)3/h11-14H,7-10H2,1-6H3,(H2,18,19,20,21). The van der Waals surface area contributed by atoms with E-state index in [1.165, 1.54) is 19.3 Å². The second kappa shape index (κ2) is 8.85. The highest BCUT2D eigenvalue weighted by Crippen LogP contribution is 2.18. The van der Waals surface area contributed by atoms with Gasteiger partial charge in [-0.05, 0) is 26.2 Å². The quantitative estimate of drug-likeness (QED) is 0.695. The van der Waals surface area contributed by atoms with Crippen LogP contribution in [0.25, 0.3) is 0 Å². The van der Waals surface area contributed by atoms with Crippen LogP contribution in [-0.4, -0.2) is 22.6 Å². The third-order valence-corrected chi connectivity index (χ3v) is 3.43. The molecule has 0 saturated carbocycles. The van der Waals surface area contributed by atoms with Crippen LogP contribution in [0.3, 0.4) is 0 Å². The highest BCUT2D eigenvalue weighted by molar-refractivity contribution is 5.48. The fourth-order valence-electron chi connectivity index (χ4n) is 2.23. The summed E-state index contributed by atoms with van der Waals surface area (Å²) in [7, 11) is 0. The van der Waals surface area contributed by atoms with Crippen LogP contribution in [0.2, 0.25) is 0 Å². The fourth-order valence-corrected chi connectivity index (χ4v) is 2.23. The number of nitrogens with one attached hydrogen (secondary N) is 2. The molecule has 4 nitrogen and oxygen atoms in total. The summed E-state index contributed by atoms with van der Waals surface area (Å²) in [4.78, 5) is 9.19. The van der Waals surface area contributed by atoms with E-state index in [1.807, 2.05) is 6.07 Å². The van der Waals surface area contributed by atoms with Gasteiger partial charge in [-0.25, -0.2) is 9.97 Å². The van der Waals surface area contributed by atoms with Gasteiger partial charge in [-0.1, -0.05) is 40.5 Å². The number of hydrogen-bond acceptors (Lipinski definition) is 4. The molecule has 21 heavy (non-hydrogen) atoms. The smallest absolute Gasteiger partial charge is 0.135 e. The minimum Gasteiger partial charge on any atom is -0.370 e. The molecule has 0 aliphatic rings. The van der Waals surface area contributed by atoms with Crippen LogP contribution in [0.4, 0.5) is 11.6 Å². The Labute approximate surface area is 130 Å². The van der Waals surface area contributed by atoms with Crippen molar-refractivity contribution in [3.63, 3.8) is 0 Å². The van der Waals surface area contributed by atoms with Crippen molar-refractivity contribution in [1.82, 2.24) is 9.97 Å². The fraction of sp³-hybridized carbons (Fsp3) is 0.765. The molecular formula is C17H32N4. The first-order valence-corrected chi connectivity index (χ1v) is 8.31. The molecule has 4 heteroatoms. The number of nitrogens with zero attached hydrogens (tertiary/aromatic N) is 2. The number of anilines is 2. The number of rotatable bonds is 9. The predicted octanol–water partition coefficient (Wildman–Crippen LogP) is 4.66. The van der Waals surface area contributed by atoms with Crippen molar-refractivity contribution in [3.05, 3.63) is 11.9 Å². The van der Waals surface area contributed by atoms with Crippen LogP contribution >= 0.6 is 0 Å². The Morgan fingerprint density at radius 3 is 2.24 bits per heavy atom. The second-order valence-electron chi connectivity index (χ2n) is 6.55. The van der Waals surface area contributed by atoms with Gasteiger partial charge in [0.2, 0.25) is 0 Å². The van der Waals surface area contributed by atoms with Crippen molar-refractivity contribution in [2.45, 2.75) is 72.8 Å². The Morgan fingerprint density at radius 2 is 1.67 bits per heavy atom. The lowest BCUT2D eigenvalue weighted by molar-refractivity contribution is 0.520. The molecule has 1 aromatic heterocycles. The highest BCUT2D eigenvalue weighted by Gasteiger charge is 2.10. The normalized spacial score (nSPS) is 12.8. The minimum absolute atomic E-state index is 0.334. The summed E-state index contributed by atoms with van der Waals surface area (Å²) in [5, 5.41) is 6.80. The van der Waals surface area contributed by atoms with Crippen LogP contribution in [0.5, 0.6) is 0 Å². The van der Waals surface area contributed by atoms with Crippen LogP contribution in [0, 0.1) is 5.92 Å². The molecule has 0 spiro atoms. The Bertz CT molecular complexity index is 415. The lowest BCUT2D eigenvalue weighted by Crippen LogP contribution is -2.17. The topological polar surface area (TPSA) is 49.8 Å². The first-order valence-electron chi connectivity index (χ1n) is 8.31. The van der Waals surface area contributed by atoms with Gasteiger partial charge in [0.05, 0.1) is 0 Å². The molecule has 0 radical (unpaired) electrons. The van der Waals surface area contributed by atoms with Crippen LogP contribution in [0.1, 0.15) is 72.5 Å². The molecule has 120 valence electrons. The van der Waals surface area contributed by atoms with Gasteiger partial charge in [0.15, 0.2) is 0 Å². The average Bonchev–Trinajstić information content (AvgIpc) is 2.38. The molecule has 1 aromatic rings. The summed E-state index contributed by atoms with van der Waals surface area (Å²) >= 11 is 0. The lowest BCUT2D eigenvalue weighted by Gasteiger charge is -2.17. The maximum atomic E-state index is 4.64. The van der Waals surface area contributed by atoms with Gasteiger partial charge in [-0.15, -0.1) is 0 Å². The first-order chi connectivity index (χ1) is 9.92. The largest absolute Gasteiger partial charge is 0.370 e. The van der Waals surface area contributed by atoms with Crippen LogP contribution in [0.15, 0.2) is 6.07 Å². The molecule has 1 rings (SSSR count). The van der Waals surface area contributed by atoms with Gasteiger partial charge in [0.1, 0.15) is 17.5 Å². The van der Waals surface area contributed by atoms with E-state index in [-0.39, 0.29) is 0 Å². The monoisotopic (exact) mass is 292 g/mol. The number of hydrogen-bond donors (Lipinski definition) is 2. The van der Waals surface area contributed by atoms with Crippen molar-refractivity contribution in [2.24, 2.45) is 5.92 Å². The molecule has 0 aromatic carbocycles. The molecule has 0 saturated heterocycles. The Morgan fingerprint density at radius 1 is 1.00 bits per heavy atom. The third kappa shape index (κ3) is 6.78. The molecule has 1 atom stereocenters. The molecule has 0 aliphatic heterocycles. The van der Waals surface area contributed by atoms with Crippen molar-refractivity contribution < 1.29 is 0 Å². The molecule has 0 aliphatic carbocycles. The van der Waals surface area contributed by atoms with E-state index in [1.54, 1.807) is 0 Å². The van der Waals surface area contributed by atoms with Crippen LogP contribution in [-0.2, 0) is 0 Å². The summed E-state index contributed by atoms with van der Waals surface area (Å²) in [5.74, 6) is 3.85. The van der Waals surface area contributed by atoms with E-state index in [2.05, 4.69) is 62.1 Å². The zero-order valence-corrected chi connectivity index (χ0v) is 14.5. The Hall–Kier alpha value is -1.32. The summed E-state index contributed by atoms with van der Waals surface area (Å²) < 4.78 is 0. The van der Waals surface area contributed by atoms with Gasteiger partial charge in [0, 0.05) is 24.6 Å². The second-order valence-corrected chi connectivity index (χ2v) is 6.55. The zero-order chi connectivity index (χ0) is 15.8. The predicted molar refractivity (Wildman–Crippen MR) is 92.1 cm³/mol. The molecule has 0 bridgehead atoms. The van der Waals surface area contributed by atoms with E-state index in [0.29, 0.717) is 12.0 Å². The van der Waals surface area contributed by atoms with Crippen molar-refractivity contribution in [3.8, 4) is 0 Å². The zero-order valence-electron chi connectivity index (χ0n) is 14.5. The molecule has 1 unspecified atom stereocenters. The molecular weight excluding hydrogens is 260 g/mol. The van der Waals surface area contributed by atoms with E-state index in [9.17, 15) is 0 Å². The van der Waals surface area contributed by atoms with E-state index >= 15 is 0 Å². The maximum Gasteiger partial charge on any atom is 0.135 e. The van der Waals surface area contributed by atoms with Gasteiger partial charge in [-0.2, -0.15) is 0 Å². The van der Waals surface area contributed by atoms with E-state index in [0.717, 1.165) is 29.9 Å². The van der Waals surface area contributed by atoms with Gasteiger partial charge >= 0.3 is 0 Å². The van der Waals surface area contributed by atoms with Crippen molar-refractivity contribution >= 4 is 11.6 Å². The summed E-state index contributed by atoms with van der Waals surface area (Å²) in [6.07, 6.45) is 3.72. The minimum atomic E-state index is 0.334. The van der Waals surface area contributed by atoms with E-state index in [4.69, 9.17) is 0 Å². The maximum absolute atomic E-state index is 4.64. The SMILES string of the molecule is CCNc1cc(NC(C)CCCC(C)C)nc(C(C)C)n1. The van der Waals surface area contributed by atoms with Gasteiger partial charge in [0.25, 0.3) is 0 Å². The van der Waals surface area contributed by atoms with Crippen LogP contribution < -0.4 is 10.6 Å². The Kier molecular flexibility index (Phi) is 7.48. The summed E-state index contributed by atoms with van der Waals surface area (Å²) in [6, 6.07) is 2.45. The summed E-state index contributed by atoms with van der Waals surface area (Å²) in [5.41, 5.74) is 0. The first kappa shape index (κ1) is 17.7. The van der Waals surface area contributed by atoms with Gasteiger partial charge < -0.3 is 10.6 Å². The molecule has 1 heterocycles.